The lowest BCUT2D eigenvalue weighted by molar-refractivity contribution is -0.0172. The van der Waals surface area contributed by atoms with Crippen LogP contribution in [0, 0.1) is 23.7 Å². The summed E-state index contributed by atoms with van der Waals surface area (Å²) in [6.07, 6.45) is 0.0702. The van der Waals surface area contributed by atoms with Gasteiger partial charge in [-0.05, 0) is 55.8 Å². The van der Waals surface area contributed by atoms with Gasteiger partial charge in [0, 0.05) is 0 Å². The maximum Gasteiger partial charge on any atom is 0.134 e. The summed E-state index contributed by atoms with van der Waals surface area (Å²) in [5, 5.41) is 0. The maximum atomic E-state index is 14.0. The second kappa shape index (κ2) is 5.19. The van der Waals surface area contributed by atoms with Gasteiger partial charge in [-0.1, -0.05) is 13.8 Å². The third kappa shape index (κ3) is 2.63. The zero-order chi connectivity index (χ0) is 12.6. The first kappa shape index (κ1) is 13.2. The van der Waals surface area contributed by atoms with Gasteiger partial charge in [0.1, 0.15) is 18.5 Å². The van der Waals surface area contributed by atoms with Crippen LogP contribution in [0.2, 0.25) is 0 Å². The Morgan fingerprint density at radius 2 is 1.41 bits per heavy atom. The average Bonchev–Trinajstić information content (AvgIpc) is 2.30. The molecule has 0 nitrogen and oxygen atoms in total. The van der Waals surface area contributed by atoms with Crippen LogP contribution >= 0.6 is 0 Å². The second-order valence-electron chi connectivity index (χ2n) is 6.17. The Morgan fingerprint density at radius 1 is 0.765 bits per heavy atom. The van der Waals surface area contributed by atoms with Crippen molar-refractivity contribution < 1.29 is 13.2 Å². The molecule has 100 valence electrons. The van der Waals surface area contributed by atoms with E-state index in [2.05, 4.69) is 0 Å². The van der Waals surface area contributed by atoms with Crippen LogP contribution in [0.1, 0.15) is 46.0 Å². The van der Waals surface area contributed by atoms with Crippen molar-refractivity contribution in [1.82, 2.24) is 0 Å². The number of rotatable bonds is 1. The summed E-state index contributed by atoms with van der Waals surface area (Å²) < 4.78 is 41.4. The molecule has 2 saturated carbocycles. The van der Waals surface area contributed by atoms with Gasteiger partial charge in [-0.25, -0.2) is 13.2 Å². The zero-order valence-electron chi connectivity index (χ0n) is 10.7. The van der Waals surface area contributed by atoms with Gasteiger partial charge < -0.3 is 0 Å². The summed E-state index contributed by atoms with van der Waals surface area (Å²) in [4.78, 5) is 0. The predicted molar refractivity (Wildman–Crippen MR) is 63.1 cm³/mol. The first-order chi connectivity index (χ1) is 8.00. The van der Waals surface area contributed by atoms with E-state index in [1.54, 1.807) is 6.92 Å². The third-order valence-electron chi connectivity index (χ3n) is 4.96. The molecule has 0 aromatic rings. The second-order valence-corrected chi connectivity index (χ2v) is 6.17. The van der Waals surface area contributed by atoms with Crippen LogP contribution in [0.15, 0.2) is 0 Å². The number of halogens is 3. The third-order valence-corrected chi connectivity index (χ3v) is 4.96. The molecule has 7 unspecified atom stereocenters. The summed E-state index contributed by atoms with van der Waals surface area (Å²) in [5.41, 5.74) is 0. The van der Waals surface area contributed by atoms with Gasteiger partial charge in [0.15, 0.2) is 0 Å². The fourth-order valence-corrected chi connectivity index (χ4v) is 3.51. The largest absolute Gasteiger partial charge is 0.247 e. The SMILES string of the molecule is CC1CCC(C2CCC(C)C(F)C2F)CC1F. The lowest BCUT2D eigenvalue weighted by atomic mass is 9.68. The molecule has 3 heteroatoms. The Morgan fingerprint density at radius 3 is 2.06 bits per heavy atom. The van der Waals surface area contributed by atoms with Crippen LogP contribution in [-0.2, 0) is 0 Å². The highest BCUT2D eigenvalue weighted by molar-refractivity contribution is 4.92. The zero-order valence-corrected chi connectivity index (χ0v) is 10.7. The minimum Gasteiger partial charge on any atom is -0.247 e. The van der Waals surface area contributed by atoms with Crippen LogP contribution < -0.4 is 0 Å². The molecule has 0 aliphatic heterocycles. The molecule has 0 saturated heterocycles. The van der Waals surface area contributed by atoms with E-state index in [0.717, 1.165) is 25.7 Å². The van der Waals surface area contributed by atoms with E-state index in [4.69, 9.17) is 0 Å². The van der Waals surface area contributed by atoms with Crippen molar-refractivity contribution >= 4 is 0 Å². The molecule has 2 fully saturated rings. The molecule has 0 radical (unpaired) electrons. The summed E-state index contributed by atoms with van der Waals surface area (Å²) in [5.74, 6) is -0.271. The van der Waals surface area contributed by atoms with E-state index in [0.29, 0.717) is 6.42 Å². The molecule has 0 bridgehead atoms. The minimum absolute atomic E-state index is 0.0574. The van der Waals surface area contributed by atoms with Crippen molar-refractivity contribution in [2.45, 2.75) is 64.5 Å². The van der Waals surface area contributed by atoms with Gasteiger partial charge in [0.25, 0.3) is 0 Å². The van der Waals surface area contributed by atoms with E-state index in [1.165, 1.54) is 0 Å². The fraction of sp³-hybridized carbons (Fsp3) is 1.00. The van der Waals surface area contributed by atoms with E-state index >= 15 is 0 Å². The maximum absolute atomic E-state index is 14.0. The standard InChI is InChI=1S/C14H23F3/c1-8-3-5-10(7-12(8)15)11-6-4-9(2)13(16)14(11)17/h8-14H,3-7H2,1-2H3. The van der Waals surface area contributed by atoms with Crippen LogP contribution in [0.25, 0.3) is 0 Å². The molecular weight excluding hydrogens is 225 g/mol. The van der Waals surface area contributed by atoms with Gasteiger partial charge in [0.05, 0.1) is 0 Å². The van der Waals surface area contributed by atoms with E-state index in [9.17, 15) is 13.2 Å². The molecule has 0 heterocycles. The predicted octanol–water partition coefficient (Wildman–Crippen LogP) is 4.48. The lowest BCUT2D eigenvalue weighted by Gasteiger charge is -2.41. The summed E-state index contributed by atoms with van der Waals surface area (Å²) in [6, 6.07) is 0. The molecular formula is C14H23F3. The van der Waals surface area contributed by atoms with Crippen molar-refractivity contribution in [3.8, 4) is 0 Å². The molecule has 0 N–H and O–H groups in total. The Hall–Kier alpha value is -0.210. The van der Waals surface area contributed by atoms with Crippen LogP contribution in [0.3, 0.4) is 0 Å². The van der Waals surface area contributed by atoms with E-state index in [1.807, 2.05) is 6.92 Å². The molecule has 7 atom stereocenters. The van der Waals surface area contributed by atoms with Crippen LogP contribution in [0.4, 0.5) is 13.2 Å². The van der Waals surface area contributed by atoms with Gasteiger partial charge in [-0.3, -0.25) is 0 Å². The highest BCUT2D eigenvalue weighted by atomic mass is 19.2. The fourth-order valence-electron chi connectivity index (χ4n) is 3.51. The average molecular weight is 248 g/mol. The lowest BCUT2D eigenvalue weighted by Crippen LogP contribution is -2.42. The van der Waals surface area contributed by atoms with Crippen LogP contribution in [0.5, 0.6) is 0 Å². The van der Waals surface area contributed by atoms with Gasteiger partial charge in [-0.15, -0.1) is 0 Å². The molecule has 0 amide bonds. The van der Waals surface area contributed by atoms with E-state index < -0.39 is 18.5 Å². The molecule has 2 aliphatic carbocycles. The Kier molecular flexibility index (Phi) is 4.04. The smallest absolute Gasteiger partial charge is 0.134 e. The van der Waals surface area contributed by atoms with Crippen molar-refractivity contribution in [1.29, 1.82) is 0 Å². The molecule has 17 heavy (non-hydrogen) atoms. The highest BCUT2D eigenvalue weighted by Gasteiger charge is 2.43. The number of alkyl halides is 3. The molecule has 0 aromatic carbocycles. The Bertz CT molecular complexity index is 256. The van der Waals surface area contributed by atoms with Crippen molar-refractivity contribution in [2.75, 3.05) is 0 Å². The molecule has 0 spiro atoms. The van der Waals surface area contributed by atoms with Crippen LogP contribution in [-0.4, -0.2) is 18.5 Å². The molecule has 2 aliphatic rings. The van der Waals surface area contributed by atoms with Crippen molar-refractivity contribution in [3.05, 3.63) is 0 Å². The summed E-state index contributed by atoms with van der Waals surface area (Å²) in [7, 11) is 0. The monoisotopic (exact) mass is 248 g/mol. The highest BCUT2D eigenvalue weighted by Crippen LogP contribution is 2.44. The molecule has 0 aromatic heterocycles. The normalized spacial score (nSPS) is 52.4. The quantitative estimate of drug-likeness (QED) is 0.641. The topological polar surface area (TPSA) is 0 Å². The minimum atomic E-state index is -1.37. The summed E-state index contributed by atoms with van der Waals surface area (Å²) in [6.45, 7) is 3.68. The number of hydrogen-bond acceptors (Lipinski definition) is 0. The first-order valence-electron chi connectivity index (χ1n) is 6.93. The van der Waals surface area contributed by atoms with Crippen molar-refractivity contribution in [2.24, 2.45) is 23.7 Å². The first-order valence-corrected chi connectivity index (χ1v) is 6.93. The van der Waals surface area contributed by atoms with Gasteiger partial charge in [-0.2, -0.15) is 0 Å². The van der Waals surface area contributed by atoms with E-state index in [-0.39, 0.29) is 23.7 Å². The van der Waals surface area contributed by atoms with Gasteiger partial charge >= 0.3 is 0 Å². The van der Waals surface area contributed by atoms with Gasteiger partial charge in [0.2, 0.25) is 0 Å². The number of hydrogen-bond donors (Lipinski definition) is 0. The molecule has 2 rings (SSSR count). The Labute approximate surface area is 102 Å². The Balaban J connectivity index is 1.98. The summed E-state index contributed by atoms with van der Waals surface area (Å²) >= 11 is 0. The van der Waals surface area contributed by atoms with Crippen molar-refractivity contribution in [3.63, 3.8) is 0 Å².